The Morgan fingerprint density at radius 3 is 2.84 bits per heavy atom. The zero-order chi connectivity index (χ0) is 14.4. The summed E-state index contributed by atoms with van der Waals surface area (Å²) in [7, 11) is 0. The molecule has 8 nitrogen and oxygen atoms in total. The molecule has 0 aromatic heterocycles. The van der Waals surface area contributed by atoms with Crippen LogP contribution in [0.1, 0.15) is 19.4 Å². The quantitative estimate of drug-likeness (QED) is 0.472. The van der Waals surface area contributed by atoms with Gasteiger partial charge in [0.2, 0.25) is 11.7 Å². The van der Waals surface area contributed by atoms with Crippen LogP contribution in [-0.4, -0.2) is 28.8 Å². The lowest BCUT2D eigenvalue weighted by Crippen LogP contribution is -2.12. The molecule has 19 heavy (non-hydrogen) atoms. The SMILES string of the molecule is CCOc1cc(/C=N\NC(C)=O)cc([N+](=O)[O-])c1O. The number of amides is 1. The molecule has 0 radical (unpaired) electrons. The number of nitrogens with zero attached hydrogens (tertiary/aromatic N) is 2. The van der Waals surface area contributed by atoms with Crippen LogP contribution in [0.5, 0.6) is 11.5 Å². The monoisotopic (exact) mass is 267 g/mol. The van der Waals surface area contributed by atoms with Crippen molar-refractivity contribution in [3.8, 4) is 11.5 Å². The number of benzene rings is 1. The molecular formula is C11H13N3O5. The first-order valence-electron chi connectivity index (χ1n) is 5.39. The van der Waals surface area contributed by atoms with Crippen LogP contribution in [0.4, 0.5) is 5.69 Å². The largest absolute Gasteiger partial charge is 0.500 e. The van der Waals surface area contributed by atoms with E-state index in [1.807, 2.05) is 0 Å². The van der Waals surface area contributed by atoms with Gasteiger partial charge in [0.1, 0.15) is 0 Å². The van der Waals surface area contributed by atoms with Crippen LogP contribution in [0.3, 0.4) is 0 Å². The van der Waals surface area contributed by atoms with Gasteiger partial charge in [0, 0.05) is 18.6 Å². The Bertz CT molecular complexity index is 527. The van der Waals surface area contributed by atoms with Crippen molar-refractivity contribution in [1.82, 2.24) is 5.43 Å². The van der Waals surface area contributed by atoms with Gasteiger partial charge in [-0.1, -0.05) is 0 Å². The highest BCUT2D eigenvalue weighted by molar-refractivity contribution is 5.84. The van der Waals surface area contributed by atoms with Crippen molar-refractivity contribution < 1.29 is 19.6 Å². The fourth-order valence-electron chi connectivity index (χ4n) is 1.29. The number of hydrogen-bond acceptors (Lipinski definition) is 6. The Hall–Kier alpha value is -2.64. The number of hydrogen-bond donors (Lipinski definition) is 2. The van der Waals surface area contributed by atoms with E-state index in [2.05, 4.69) is 10.5 Å². The number of rotatable bonds is 5. The number of carbonyl (C=O) groups is 1. The molecule has 0 saturated carbocycles. The molecule has 1 amide bonds. The van der Waals surface area contributed by atoms with E-state index in [0.717, 1.165) is 6.07 Å². The van der Waals surface area contributed by atoms with Crippen LogP contribution < -0.4 is 10.2 Å². The summed E-state index contributed by atoms with van der Waals surface area (Å²) in [5.41, 5.74) is 2.00. The van der Waals surface area contributed by atoms with Crippen molar-refractivity contribution in [2.45, 2.75) is 13.8 Å². The predicted molar refractivity (Wildman–Crippen MR) is 67.3 cm³/mol. The summed E-state index contributed by atoms with van der Waals surface area (Å²) in [5, 5.41) is 24.0. The highest BCUT2D eigenvalue weighted by Crippen LogP contribution is 2.36. The van der Waals surface area contributed by atoms with E-state index in [0.29, 0.717) is 5.56 Å². The molecule has 0 spiro atoms. The molecule has 1 aromatic carbocycles. The molecular weight excluding hydrogens is 254 g/mol. The zero-order valence-corrected chi connectivity index (χ0v) is 10.4. The molecule has 0 bridgehead atoms. The molecule has 0 aliphatic carbocycles. The van der Waals surface area contributed by atoms with Crippen molar-refractivity contribution in [1.29, 1.82) is 0 Å². The van der Waals surface area contributed by atoms with Crippen LogP contribution >= 0.6 is 0 Å². The minimum absolute atomic E-state index is 0.0130. The molecule has 0 saturated heterocycles. The molecule has 0 fully saturated rings. The molecule has 0 aliphatic rings. The van der Waals surface area contributed by atoms with Gasteiger partial charge in [-0.05, 0) is 13.0 Å². The molecule has 102 valence electrons. The fraction of sp³-hybridized carbons (Fsp3) is 0.273. The standard InChI is InChI=1S/C11H13N3O5/c1-3-19-10-5-8(6-12-13-7(2)15)4-9(11(10)16)14(17)18/h4-6,16H,3H2,1-2H3,(H,13,15)/b12-6-. The van der Waals surface area contributed by atoms with E-state index in [9.17, 15) is 20.0 Å². The van der Waals surface area contributed by atoms with Crippen molar-refractivity contribution in [2.75, 3.05) is 6.61 Å². The second-order valence-corrected chi connectivity index (χ2v) is 3.50. The van der Waals surface area contributed by atoms with Crippen LogP contribution in [0.2, 0.25) is 0 Å². The van der Waals surface area contributed by atoms with Gasteiger partial charge >= 0.3 is 5.69 Å². The van der Waals surface area contributed by atoms with Gasteiger partial charge in [0.05, 0.1) is 17.7 Å². The average molecular weight is 267 g/mol. The Balaban J connectivity index is 3.14. The maximum Gasteiger partial charge on any atom is 0.315 e. The molecule has 0 atom stereocenters. The number of aromatic hydroxyl groups is 1. The Morgan fingerprint density at radius 1 is 1.63 bits per heavy atom. The number of nitro groups is 1. The van der Waals surface area contributed by atoms with Crippen LogP contribution in [0.15, 0.2) is 17.2 Å². The summed E-state index contributed by atoms with van der Waals surface area (Å²) < 4.78 is 5.09. The average Bonchev–Trinajstić information content (AvgIpc) is 2.32. The van der Waals surface area contributed by atoms with Gasteiger partial charge in [-0.15, -0.1) is 0 Å². The lowest BCUT2D eigenvalue weighted by Gasteiger charge is -2.07. The summed E-state index contributed by atoms with van der Waals surface area (Å²) in [6, 6.07) is 2.51. The van der Waals surface area contributed by atoms with Crippen LogP contribution in [0, 0.1) is 10.1 Å². The Labute approximate surface area is 108 Å². The second kappa shape index (κ2) is 6.34. The van der Waals surface area contributed by atoms with Gasteiger partial charge in [0.15, 0.2) is 5.75 Å². The summed E-state index contributed by atoms with van der Waals surface area (Å²) >= 11 is 0. The first-order chi connectivity index (χ1) is 8.95. The number of nitro benzene ring substituents is 1. The minimum Gasteiger partial charge on any atom is -0.500 e. The molecule has 0 heterocycles. The van der Waals surface area contributed by atoms with E-state index in [1.165, 1.54) is 19.2 Å². The van der Waals surface area contributed by atoms with Gasteiger partial charge in [-0.3, -0.25) is 14.9 Å². The first-order valence-corrected chi connectivity index (χ1v) is 5.39. The topological polar surface area (TPSA) is 114 Å². The maximum atomic E-state index is 10.8. The smallest absolute Gasteiger partial charge is 0.315 e. The number of ether oxygens (including phenoxy) is 1. The van der Waals surface area contributed by atoms with E-state index < -0.39 is 16.4 Å². The maximum absolute atomic E-state index is 10.8. The third-order valence-corrected chi connectivity index (χ3v) is 2.01. The third-order valence-electron chi connectivity index (χ3n) is 2.01. The summed E-state index contributed by atoms with van der Waals surface area (Å²) in [4.78, 5) is 20.7. The van der Waals surface area contributed by atoms with Crippen molar-refractivity contribution in [3.05, 3.63) is 27.8 Å². The Morgan fingerprint density at radius 2 is 2.32 bits per heavy atom. The van der Waals surface area contributed by atoms with Gasteiger partial charge in [-0.25, -0.2) is 5.43 Å². The van der Waals surface area contributed by atoms with Crippen molar-refractivity contribution in [2.24, 2.45) is 5.10 Å². The summed E-state index contributed by atoms with van der Waals surface area (Å²) in [5.74, 6) is -0.918. The van der Waals surface area contributed by atoms with Crippen LogP contribution in [0.25, 0.3) is 0 Å². The lowest BCUT2D eigenvalue weighted by atomic mass is 10.2. The van der Waals surface area contributed by atoms with Gasteiger partial charge in [-0.2, -0.15) is 5.10 Å². The summed E-state index contributed by atoms with van der Waals surface area (Å²) in [6.07, 6.45) is 1.22. The normalized spacial score (nSPS) is 10.4. The van der Waals surface area contributed by atoms with E-state index in [4.69, 9.17) is 4.74 Å². The first kappa shape index (κ1) is 14.4. The van der Waals surface area contributed by atoms with E-state index in [-0.39, 0.29) is 18.3 Å². The second-order valence-electron chi connectivity index (χ2n) is 3.50. The van der Waals surface area contributed by atoms with Gasteiger partial charge < -0.3 is 9.84 Å². The van der Waals surface area contributed by atoms with Gasteiger partial charge in [0.25, 0.3) is 0 Å². The lowest BCUT2D eigenvalue weighted by molar-refractivity contribution is -0.386. The molecule has 1 rings (SSSR count). The molecule has 1 aromatic rings. The zero-order valence-electron chi connectivity index (χ0n) is 10.4. The molecule has 2 N–H and O–H groups in total. The van der Waals surface area contributed by atoms with Crippen LogP contribution in [-0.2, 0) is 4.79 Å². The predicted octanol–water partition coefficient (Wildman–Crippen LogP) is 1.17. The molecule has 8 heteroatoms. The molecule has 0 aliphatic heterocycles. The Kier molecular flexibility index (Phi) is 4.81. The number of phenolic OH excluding ortho intramolecular Hbond substituents is 1. The van der Waals surface area contributed by atoms with E-state index >= 15 is 0 Å². The van der Waals surface area contributed by atoms with Crippen molar-refractivity contribution in [3.63, 3.8) is 0 Å². The highest BCUT2D eigenvalue weighted by Gasteiger charge is 2.19. The summed E-state index contributed by atoms with van der Waals surface area (Å²) in [6.45, 7) is 3.21. The van der Waals surface area contributed by atoms with E-state index in [1.54, 1.807) is 6.92 Å². The number of phenols is 1. The number of carbonyl (C=O) groups excluding carboxylic acids is 1. The highest BCUT2D eigenvalue weighted by atomic mass is 16.6. The minimum atomic E-state index is -0.729. The number of hydrazone groups is 1. The number of nitrogens with one attached hydrogen (secondary N) is 1. The van der Waals surface area contributed by atoms with Crippen molar-refractivity contribution >= 4 is 17.8 Å². The third kappa shape index (κ3) is 3.95. The molecule has 0 unspecified atom stereocenters. The fourth-order valence-corrected chi connectivity index (χ4v) is 1.29.